The summed E-state index contributed by atoms with van der Waals surface area (Å²) in [6.07, 6.45) is 1.84. The summed E-state index contributed by atoms with van der Waals surface area (Å²) in [7, 11) is 4.58. The number of hydrogen-bond acceptors (Lipinski definition) is 7. The summed E-state index contributed by atoms with van der Waals surface area (Å²) in [5, 5.41) is 12.3. The van der Waals surface area contributed by atoms with Gasteiger partial charge < -0.3 is 24.2 Å². The summed E-state index contributed by atoms with van der Waals surface area (Å²) in [6, 6.07) is 17.5. The van der Waals surface area contributed by atoms with Crippen molar-refractivity contribution in [1.29, 1.82) is 0 Å². The first-order valence-corrected chi connectivity index (χ1v) is 11.8. The normalized spacial score (nSPS) is 14.9. The van der Waals surface area contributed by atoms with Gasteiger partial charge in [0.05, 0.1) is 33.0 Å². The number of nitrogens with zero attached hydrogens (tertiary/aromatic N) is 2. The van der Waals surface area contributed by atoms with E-state index in [4.69, 9.17) is 14.2 Å². The van der Waals surface area contributed by atoms with Crippen LogP contribution < -0.4 is 14.4 Å². The molecule has 0 bridgehead atoms. The van der Waals surface area contributed by atoms with Crippen LogP contribution in [0.15, 0.2) is 60.8 Å². The predicted molar refractivity (Wildman–Crippen MR) is 139 cm³/mol. The van der Waals surface area contributed by atoms with Crippen molar-refractivity contribution in [1.82, 2.24) is 4.98 Å². The van der Waals surface area contributed by atoms with Crippen LogP contribution in [-0.4, -0.2) is 43.9 Å². The Morgan fingerprint density at radius 3 is 2.53 bits per heavy atom. The Labute approximate surface area is 209 Å². The highest BCUT2D eigenvalue weighted by molar-refractivity contribution is 6.10. The molecule has 0 unspecified atom stereocenters. The highest BCUT2D eigenvalue weighted by Crippen LogP contribution is 2.42. The van der Waals surface area contributed by atoms with E-state index < -0.39 is 12.1 Å². The van der Waals surface area contributed by atoms with Gasteiger partial charge in [0.15, 0.2) is 11.5 Å². The van der Waals surface area contributed by atoms with E-state index in [9.17, 15) is 9.90 Å². The maximum Gasteiger partial charge on any atom is 0.338 e. The number of aliphatic hydroxyl groups is 1. The van der Waals surface area contributed by atoms with E-state index in [-0.39, 0.29) is 0 Å². The summed E-state index contributed by atoms with van der Waals surface area (Å²) < 4.78 is 16.3. The number of pyridine rings is 1. The van der Waals surface area contributed by atoms with E-state index in [2.05, 4.69) is 9.88 Å². The molecule has 1 atom stereocenters. The maximum atomic E-state index is 13.0. The smallest absolute Gasteiger partial charge is 0.338 e. The molecule has 0 amide bonds. The number of esters is 1. The fourth-order valence-corrected chi connectivity index (χ4v) is 5.03. The molecule has 1 aromatic heterocycles. The number of carbonyl (C=O) groups excluding carboxylic acids is 1. The number of hydrogen-bond donors (Lipinski definition) is 1. The van der Waals surface area contributed by atoms with Crippen LogP contribution in [0.1, 0.15) is 34.0 Å². The number of fused-ring (bicyclic) bond motifs is 2. The fourth-order valence-electron chi connectivity index (χ4n) is 5.03. The molecule has 5 rings (SSSR count). The SMILES string of the molecule is COC(=O)c1c(C)cc2cc(OC)c(OC)cc2c1-c1ccnc(N2CC[C@H](O)c3ccccc32)c1. The highest BCUT2D eigenvalue weighted by Gasteiger charge is 2.26. The molecular formula is C29H28N2O5. The van der Waals surface area contributed by atoms with Crippen molar-refractivity contribution in [3.8, 4) is 22.6 Å². The third-order valence-electron chi connectivity index (χ3n) is 6.75. The van der Waals surface area contributed by atoms with Gasteiger partial charge in [-0.3, -0.25) is 0 Å². The third-order valence-corrected chi connectivity index (χ3v) is 6.75. The van der Waals surface area contributed by atoms with E-state index in [0.29, 0.717) is 30.0 Å². The van der Waals surface area contributed by atoms with Gasteiger partial charge in [-0.2, -0.15) is 0 Å². The molecule has 7 heteroatoms. The van der Waals surface area contributed by atoms with Gasteiger partial charge in [-0.15, -0.1) is 0 Å². The van der Waals surface area contributed by atoms with Gasteiger partial charge >= 0.3 is 5.97 Å². The minimum absolute atomic E-state index is 0.413. The number of carbonyl (C=O) groups is 1. The number of rotatable bonds is 5. The van der Waals surface area contributed by atoms with Crippen molar-refractivity contribution in [2.45, 2.75) is 19.4 Å². The van der Waals surface area contributed by atoms with Crippen molar-refractivity contribution < 1.29 is 24.1 Å². The summed E-state index contributed by atoms with van der Waals surface area (Å²) >= 11 is 0. The summed E-state index contributed by atoms with van der Waals surface area (Å²) in [6.45, 7) is 2.52. The van der Waals surface area contributed by atoms with Gasteiger partial charge in [-0.05, 0) is 65.6 Å². The Morgan fingerprint density at radius 2 is 1.78 bits per heavy atom. The number of benzene rings is 3. The van der Waals surface area contributed by atoms with Crippen LogP contribution in [0.3, 0.4) is 0 Å². The zero-order valence-electron chi connectivity index (χ0n) is 20.7. The van der Waals surface area contributed by atoms with E-state index in [1.54, 1.807) is 20.4 Å². The second-order valence-electron chi connectivity index (χ2n) is 8.78. The first-order chi connectivity index (χ1) is 17.5. The number of aromatic nitrogens is 1. The second kappa shape index (κ2) is 9.51. The van der Waals surface area contributed by atoms with Gasteiger partial charge in [-0.25, -0.2) is 9.78 Å². The molecule has 1 N–H and O–H groups in total. The molecule has 184 valence electrons. The standard InChI is InChI=1S/C29H28N2O5/c1-17-13-19-14-24(34-2)25(35-3)16-21(19)28(27(17)29(33)36-4)18-9-11-30-26(15-18)31-12-10-23(32)20-7-5-6-8-22(20)31/h5-9,11,13-16,23,32H,10,12H2,1-4H3/t23-/m0/s1. The molecule has 0 spiro atoms. The Balaban J connectivity index is 1.75. The van der Waals surface area contributed by atoms with Crippen LogP contribution in [-0.2, 0) is 4.74 Å². The van der Waals surface area contributed by atoms with Crippen molar-refractivity contribution >= 4 is 28.2 Å². The number of methoxy groups -OCH3 is 3. The van der Waals surface area contributed by atoms with E-state index in [0.717, 1.165) is 44.5 Å². The van der Waals surface area contributed by atoms with E-state index >= 15 is 0 Å². The summed E-state index contributed by atoms with van der Waals surface area (Å²) in [4.78, 5) is 19.8. The first kappa shape index (κ1) is 23.6. The van der Waals surface area contributed by atoms with Gasteiger partial charge in [0.25, 0.3) is 0 Å². The minimum Gasteiger partial charge on any atom is -0.493 e. The Kier molecular flexibility index (Phi) is 6.24. The van der Waals surface area contributed by atoms with Gasteiger partial charge in [0.1, 0.15) is 5.82 Å². The lowest BCUT2D eigenvalue weighted by atomic mass is 9.90. The molecule has 1 aliphatic heterocycles. The van der Waals surface area contributed by atoms with E-state index in [1.807, 2.05) is 61.5 Å². The molecule has 7 nitrogen and oxygen atoms in total. The third kappa shape index (κ3) is 3.91. The van der Waals surface area contributed by atoms with Gasteiger partial charge in [0, 0.05) is 29.6 Å². The number of para-hydroxylation sites is 1. The predicted octanol–water partition coefficient (Wildman–Crippen LogP) is 5.59. The van der Waals surface area contributed by atoms with Crippen LogP contribution in [0, 0.1) is 6.92 Å². The lowest BCUT2D eigenvalue weighted by molar-refractivity contribution is 0.0601. The van der Waals surface area contributed by atoms with Crippen molar-refractivity contribution in [2.75, 3.05) is 32.8 Å². The molecule has 3 aromatic carbocycles. The van der Waals surface area contributed by atoms with Crippen LogP contribution in [0.5, 0.6) is 11.5 Å². The Bertz CT molecular complexity index is 1470. The zero-order chi connectivity index (χ0) is 25.4. The minimum atomic E-state index is -0.505. The Hall–Kier alpha value is -4.10. The van der Waals surface area contributed by atoms with Crippen molar-refractivity contribution in [3.63, 3.8) is 0 Å². The highest BCUT2D eigenvalue weighted by atomic mass is 16.5. The molecule has 0 saturated heterocycles. The number of aliphatic hydroxyl groups excluding tert-OH is 1. The molecule has 0 saturated carbocycles. The van der Waals surface area contributed by atoms with Crippen LogP contribution in [0.4, 0.5) is 11.5 Å². The average Bonchev–Trinajstić information content (AvgIpc) is 2.91. The molecule has 4 aromatic rings. The molecule has 36 heavy (non-hydrogen) atoms. The molecular weight excluding hydrogens is 456 g/mol. The van der Waals surface area contributed by atoms with Crippen molar-refractivity contribution in [2.24, 2.45) is 0 Å². The molecule has 0 fully saturated rings. The average molecular weight is 485 g/mol. The fraction of sp³-hybridized carbons (Fsp3) is 0.241. The van der Waals surface area contributed by atoms with Crippen molar-refractivity contribution in [3.05, 3.63) is 77.5 Å². The van der Waals surface area contributed by atoms with Crippen LogP contribution >= 0.6 is 0 Å². The quantitative estimate of drug-likeness (QED) is 0.370. The van der Waals surface area contributed by atoms with Gasteiger partial charge in [-0.1, -0.05) is 24.3 Å². The zero-order valence-corrected chi connectivity index (χ0v) is 20.7. The lowest BCUT2D eigenvalue weighted by Gasteiger charge is -2.33. The van der Waals surface area contributed by atoms with E-state index in [1.165, 1.54) is 7.11 Å². The van der Waals surface area contributed by atoms with Crippen LogP contribution in [0.25, 0.3) is 21.9 Å². The van der Waals surface area contributed by atoms with Crippen LogP contribution in [0.2, 0.25) is 0 Å². The summed E-state index contributed by atoms with van der Waals surface area (Å²) in [5.41, 5.74) is 4.65. The summed E-state index contributed by atoms with van der Waals surface area (Å²) in [5.74, 6) is 1.50. The number of ether oxygens (including phenoxy) is 3. The number of aryl methyl sites for hydroxylation is 1. The second-order valence-corrected chi connectivity index (χ2v) is 8.78. The number of anilines is 2. The first-order valence-electron chi connectivity index (χ1n) is 11.8. The molecule has 0 aliphatic carbocycles. The molecule has 2 heterocycles. The monoisotopic (exact) mass is 484 g/mol. The lowest BCUT2D eigenvalue weighted by Crippen LogP contribution is -2.27. The molecule has 0 radical (unpaired) electrons. The Morgan fingerprint density at radius 1 is 1.03 bits per heavy atom. The topological polar surface area (TPSA) is 81.1 Å². The van der Waals surface area contributed by atoms with Gasteiger partial charge in [0.2, 0.25) is 0 Å². The largest absolute Gasteiger partial charge is 0.493 e. The molecule has 1 aliphatic rings. The maximum absolute atomic E-state index is 13.0.